The Morgan fingerprint density at radius 1 is 1.37 bits per heavy atom. The van der Waals surface area contributed by atoms with Crippen LogP contribution in [0.3, 0.4) is 0 Å². The van der Waals surface area contributed by atoms with Crippen molar-refractivity contribution < 1.29 is 4.79 Å². The van der Waals surface area contributed by atoms with Gasteiger partial charge in [0.25, 0.3) is 11.5 Å². The number of pyridine rings is 1. The van der Waals surface area contributed by atoms with E-state index in [1.165, 1.54) is 21.5 Å². The third-order valence-electron chi connectivity index (χ3n) is 2.42. The molecule has 19 heavy (non-hydrogen) atoms. The quantitative estimate of drug-likeness (QED) is 0.447. The second-order valence-electron chi connectivity index (χ2n) is 3.72. The van der Waals surface area contributed by atoms with Crippen LogP contribution < -0.4 is 16.8 Å². The summed E-state index contributed by atoms with van der Waals surface area (Å²) < 4.78 is 3.82. The number of aryl methyl sites for hydroxylation is 2. The minimum absolute atomic E-state index is 0.108. The molecular formula is C10H11BrN6O2. The van der Waals surface area contributed by atoms with Gasteiger partial charge < -0.3 is 4.57 Å². The molecule has 9 heteroatoms. The van der Waals surface area contributed by atoms with Crippen LogP contribution in [0.15, 0.2) is 33.8 Å². The smallest absolute Gasteiger partial charge is 0.287 e. The zero-order valence-electron chi connectivity index (χ0n) is 9.78. The maximum absolute atomic E-state index is 11.6. The van der Waals surface area contributed by atoms with Crippen LogP contribution in [0.5, 0.6) is 0 Å². The fourth-order valence-corrected chi connectivity index (χ4v) is 1.85. The number of nitrogens with one attached hydrogen (secondary N) is 1. The van der Waals surface area contributed by atoms with Crippen molar-refractivity contribution >= 4 is 21.8 Å². The summed E-state index contributed by atoms with van der Waals surface area (Å²) in [6, 6.07) is 3.15. The molecule has 100 valence electrons. The molecule has 1 amide bonds. The van der Waals surface area contributed by atoms with Crippen molar-refractivity contribution in [3.8, 4) is 0 Å². The molecule has 2 aromatic rings. The van der Waals surface area contributed by atoms with E-state index in [0.717, 1.165) is 4.47 Å². The van der Waals surface area contributed by atoms with Gasteiger partial charge in [-0.2, -0.15) is 0 Å². The lowest BCUT2D eigenvalue weighted by Gasteiger charge is -2.05. The summed E-state index contributed by atoms with van der Waals surface area (Å²) in [6.45, 7) is 0.840. The van der Waals surface area contributed by atoms with E-state index >= 15 is 0 Å². The Hall–Kier alpha value is -2.00. The molecule has 0 saturated carbocycles. The van der Waals surface area contributed by atoms with Crippen LogP contribution in [0.4, 0.5) is 0 Å². The molecule has 0 spiro atoms. The number of halogens is 1. The van der Waals surface area contributed by atoms with Crippen molar-refractivity contribution in [3.05, 3.63) is 45.0 Å². The van der Waals surface area contributed by atoms with Crippen molar-refractivity contribution in [2.45, 2.75) is 13.1 Å². The van der Waals surface area contributed by atoms with Crippen LogP contribution in [0.1, 0.15) is 10.5 Å². The summed E-state index contributed by atoms with van der Waals surface area (Å²) in [5.41, 5.74) is 1.99. The van der Waals surface area contributed by atoms with Gasteiger partial charge in [-0.25, -0.2) is 10.5 Å². The number of amides is 1. The molecule has 0 radical (unpaired) electrons. The summed E-state index contributed by atoms with van der Waals surface area (Å²) in [5, 5.41) is 7.44. The van der Waals surface area contributed by atoms with Crippen LogP contribution in [-0.2, 0) is 13.1 Å². The molecule has 3 N–H and O–H groups in total. The molecule has 2 rings (SSSR count). The number of rotatable bonds is 4. The van der Waals surface area contributed by atoms with Gasteiger partial charge in [0.05, 0.1) is 12.7 Å². The Balaban J connectivity index is 2.06. The van der Waals surface area contributed by atoms with Crippen molar-refractivity contribution in [1.29, 1.82) is 0 Å². The zero-order chi connectivity index (χ0) is 13.8. The second kappa shape index (κ2) is 5.76. The predicted octanol–water partition coefficient (Wildman–Crippen LogP) is -0.494. The van der Waals surface area contributed by atoms with Gasteiger partial charge in [-0.15, -0.1) is 5.10 Å². The normalized spacial score (nSPS) is 10.4. The van der Waals surface area contributed by atoms with Crippen molar-refractivity contribution in [2.75, 3.05) is 0 Å². The van der Waals surface area contributed by atoms with E-state index in [4.69, 9.17) is 5.84 Å². The monoisotopic (exact) mass is 326 g/mol. The lowest BCUT2D eigenvalue weighted by atomic mass is 10.4. The predicted molar refractivity (Wildman–Crippen MR) is 70.1 cm³/mol. The van der Waals surface area contributed by atoms with E-state index in [2.05, 4.69) is 26.2 Å². The van der Waals surface area contributed by atoms with Crippen LogP contribution >= 0.6 is 15.9 Å². The first kappa shape index (κ1) is 13.4. The van der Waals surface area contributed by atoms with Gasteiger partial charge in [0.2, 0.25) is 0 Å². The lowest BCUT2D eigenvalue weighted by Crippen LogP contribution is -2.30. The Labute approximate surface area is 116 Å². The number of nitrogens with two attached hydrogens (primary N) is 1. The Kier molecular flexibility index (Phi) is 4.07. The maximum atomic E-state index is 11.6. The summed E-state index contributed by atoms with van der Waals surface area (Å²) in [4.78, 5) is 22.8. The fraction of sp³-hybridized carbons (Fsp3) is 0.200. The minimum Gasteiger partial charge on any atom is -0.313 e. The Bertz CT molecular complexity index is 649. The number of nitrogen functional groups attached to an aromatic ring is 1. The first-order chi connectivity index (χ1) is 9.10. The van der Waals surface area contributed by atoms with Gasteiger partial charge in [0.1, 0.15) is 0 Å². The molecule has 8 nitrogen and oxygen atoms in total. The molecule has 0 atom stereocenters. The maximum Gasteiger partial charge on any atom is 0.287 e. The van der Waals surface area contributed by atoms with E-state index in [9.17, 15) is 9.59 Å². The van der Waals surface area contributed by atoms with Crippen LogP contribution in [0, 0.1) is 0 Å². The van der Waals surface area contributed by atoms with E-state index in [1.807, 2.05) is 5.43 Å². The largest absolute Gasteiger partial charge is 0.313 e. The molecule has 2 aromatic heterocycles. The third kappa shape index (κ3) is 3.26. The topological polar surface area (TPSA) is 108 Å². The van der Waals surface area contributed by atoms with E-state index in [-0.39, 0.29) is 11.3 Å². The van der Waals surface area contributed by atoms with Crippen LogP contribution in [-0.4, -0.2) is 25.5 Å². The number of aromatic nitrogens is 4. The van der Waals surface area contributed by atoms with Gasteiger partial charge in [0.15, 0.2) is 5.69 Å². The minimum atomic E-state index is -0.508. The van der Waals surface area contributed by atoms with Crippen LogP contribution in [0.2, 0.25) is 0 Å². The Morgan fingerprint density at radius 3 is 2.89 bits per heavy atom. The molecule has 0 aromatic carbocycles. The van der Waals surface area contributed by atoms with Gasteiger partial charge in [-0.1, -0.05) is 5.21 Å². The SMILES string of the molecule is NNC(=O)c1cn(CCn2cc(Br)ccc2=O)nn1. The Morgan fingerprint density at radius 2 is 2.16 bits per heavy atom. The number of hydrogen-bond acceptors (Lipinski definition) is 5. The van der Waals surface area contributed by atoms with Gasteiger partial charge in [0, 0.05) is 23.3 Å². The summed E-state index contributed by atoms with van der Waals surface area (Å²) in [6.07, 6.45) is 3.15. The van der Waals surface area contributed by atoms with Gasteiger partial charge in [-0.3, -0.25) is 15.0 Å². The number of hydrogen-bond donors (Lipinski definition) is 2. The average molecular weight is 327 g/mol. The molecule has 0 bridgehead atoms. The van der Waals surface area contributed by atoms with Gasteiger partial charge >= 0.3 is 0 Å². The summed E-state index contributed by atoms with van der Waals surface area (Å²) >= 11 is 3.29. The highest BCUT2D eigenvalue weighted by molar-refractivity contribution is 9.10. The number of carbonyl (C=O) groups excluding carboxylic acids is 1. The third-order valence-corrected chi connectivity index (χ3v) is 2.89. The number of carbonyl (C=O) groups is 1. The summed E-state index contributed by atoms with van der Waals surface area (Å²) in [7, 11) is 0. The summed E-state index contributed by atoms with van der Waals surface area (Å²) in [5.74, 6) is 4.48. The molecule has 0 saturated heterocycles. The van der Waals surface area contributed by atoms with Crippen molar-refractivity contribution in [1.82, 2.24) is 25.0 Å². The van der Waals surface area contributed by atoms with Gasteiger partial charge in [-0.05, 0) is 22.0 Å². The first-order valence-corrected chi connectivity index (χ1v) is 6.16. The average Bonchev–Trinajstić information content (AvgIpc) is 2.88. The lowest BCUT2D eigenvalue weighted by molar-refractivity contribution is 0.0948. The van der Waals surface area contributed by atoms with Crippen LogP contribution in [0.25, 0.3) is 0 Å². The van der Waals surface area contributed by atoms with E-state index in [0.29, 0.717) is 13.1 Å². The van der Waals surface area contributed by atoms with Crippen molar-refractivity contribution in [3.63, 3.8) is 0 Å². The first-order valence-electron chi connectivity index (χ1n) is 5.37. The molecule has 0 unspecified atom stereocenters. The van der Waals surface area contributed by atoms with Crippen molar-refractivity contribution in [2.24, 2.45) is 5.84 Å². The zero-order valence-corrected chi connectivity index (χ0v) is 11.4. The molecular weight excluding hydrogens is 316 g/mol. The number of hydrazine groups is 1. The molecule has 0 aliphatic carbocycles. The number of nitrogens with zero attached hydrogens (tertiary/aromatic N) is 4. The van der Waals surface area contributed by atoms with E-state index in [1.54, 1.807) is 12.3 Å². The fourth-order valence-electron chi connectivity index (χ4n) is 1.47. The molecule has 0 aliphatic heterocycles. The highest BCUT2D eigenvalue weighted by atomic mass is 79.9. The highest BCUT2D eigenvalue weighted by Crippen LogP contribution is 2.04. The standard InChI is InChI=1S/C10H11BrN6O2/c11-7-1-2-9(18)16(5-7)3-4-17-6-8(14-15-17)10(19)13-12/h1-2,5-6H,3-4,12H2,(H,13,19). The van der Waals surface area contributed by atoms with E-state index < -0.39 is 5.91 Å². The molecule has 2 heterocycles. The highest BCUT2D eigenvalue weighted by Gasteiger charge is 2.08. The molecule has 0 aliphatic rings. The molecule has 0 fully saturated rings. The second-order valence-corrected chi connectivity index (χ2v) is 4.63.